The Hall–Kier alpha value is -3.13. The van der Waals surface area contributed by atoms with Crippen LogP contribution < -0.4 is 10.3 Å². The SMILES string of the molecule is COc1ccc2oc(C(=O)O[C@H](C)c3nc4sc(C)c(C)c4c(=O)[nH]3)c(C)c2c1. The van der Waals surface area contributed by atoms with Crippen molar-refractivity contribution in [2.75, 3.05) is 7.11 Å². The average molecular weight is 412 g/mol. The van der Waals surface area contributed by atoms with Crippen molar-refractivity contribution in [3.05, 3.63) is 56.1 Å². The van der Waals surface area contributed by atoms with Gasteiger partial charge in [-0.3, -0.25) is 4.79 Å². The molecule has 150 valence electrons. The van der Waals surface area contributed by atoms with E-state index in [0.29, 0.717) is 32.9 Å². The summed E-state index contributed by atoms with van der Waals surface area (Å²) in [5.41, 5.74) is 1.92. The second-order valence-corrected chi connectivity index (χ2v) is 8.08. The van der Waals surface area contributed by atoms with E-state index in [4.69, 9.17) is 13.9 Å². The number of aromatic amines is 1. The van der Waals surface area contributed by atoms with Gasteiger partial charge in [-0.2, -0.15) is 0 Å². The Balaban J connectivity index is 1.65. The van der Waals surface area contributed by atoms with Crippen molar-refractivity contribution in [3.63, 3.8) is 0 Å². The zero-order valence-corrected chi connectivity index (χ0v) is 17.5. The van der Waals surface area contributed by atoms with Gasteiger partial charge in [-0.1, -0.05) is 0 Å². The molecular formula is C21H20N2O5S. The van der Waals surface area contributed by atoms with Gasteiger partial charge in [-0.15, -0.1) is 11.3 Å². The normalized spacial score (nSPS) is 12.4. The Morgan fingerprint density at radius 2 is 2.00 bits per heavy atom. The summed E-state index contributed by atoms with van der Waals surface area (Å²) in [7, 11) is 1.58. The molecule has 0 aliphatic rings. The van der Waals surface area contributed by atoms with Gasteiger partial charge in [-0.05, 0) is 51.5 Å². The van der Waals surface area contributed by atoms with Gasteiger partial charge in [0.1, 0.15) is 16.2 Å². The summed E-state index contributed by atoms with van der Waals surface area (Å²) in [6.07, 6.45) is -0.746. The van der Waals surface area contributed by atoms with Crippen LogP contribution in [0.2, 0.25) is 0 Å². The number of furan rings is 1. The number of fused-ring (bicyclic) bond motifs is 2. The molecule has 0 radical (unpaired) electrons. The predicted molar refractivity (Wildman–Crippen MR) is 111 cm³/mol. The molecule has 4 aromatic rings. The van der Waals surface area contributed by atoms with Crippen LogP contribution in [0.25, 0.3) is 21.2 Å². The number of esters is 1. The first kappa shape index (κ1) is 19.2. The lowest BCUT2D eigenvalue weighted by Gasteiger charge is -2.11. The van der Waals surface area contributed by atoms with Crippen LogP contribution in [-0.4, -0.2) is 23.0 Å². The average Bonchev–Trinajstić information content (AvgIpc) is 3.18. The van der Waals surface area contributed by atoms with Gasteiger partial charge in [0.05, 0.1) is 12.5 Å². The number of carbonyl (C=O) groups is 1. The van der Waals surface area contributed by atoms with E-state index in [1.165, 1.54) is 11.3 Å². The molecule has 4 rings (SSSR count). The molecule has 0 aliphatic carbocycles. The quantitative estimate of drug-likeness (QED) is 0.493. The molecule has 29 heavy (non-hydrogen) atoms. The Labute approximate surface area is 170 Å². The fourth-order valence-electron chi connectivity index (χ4n) is 3.26. The van der Waals surface area contributed by atoms with Crippen molar-refractivity contribution in [1.29, 1.82) is 0 Å². The number of rotatable bonds is 4. The van der Waals surface area contributed by atoms with Crippen LogP contribution >= 0.6 is 11.3 Å². The summed E-state index contributed by atoms with van der Waals surface area (Å²) in [5, 5.41) is 1.36. The summed E-state index contributed by atoms with van der Waals surface area (Å²) < 4.78 is 16.5. The van der Waals surface area contributed by atoms with Crippen molar-refractivity contribution < 1.29 is 18.7 Å². The van der Waals surface area contributed by atoms with Gasteiger partial charge in [0, 0.05) is 15.8 Å². The van der Waals surface area contributed by atoms with Crippen LogP contribution in [0.1, 0.15) is 45.4 Å². The summed E-state index contributed by atoms with van der Waals surface area (Å²) in [5.74, 6) is 0.469. The molecule has 3 aromatic heterocycles. The summed E-state index contributed by atoms with van der Waals surface area (Å²) in [6.45, 7) is 7.30. The molecule has 1 N–H and O–H groups in total. The first-order chi connectivity index (χ1) is 13.8. The second kappa shape index (κ2) is 7.04. The molecule has 3 heterocycles. The highest BCUT2D eigenvalue weighted by Gasteiger charge is 2.24. The van der Waals surface area contributed by atoms with Gasteiger partial charge in [0.15, 0.2) is 11.9 Å². The van der Waals surface area contributed by atoms with E-state index in [-0.39, 0.29) is 11.3 Å². The monoisotopic (exact) mass is 412 g/mol. The lowest BCUT2D eigenvalue weighted by molar-refractivity contribution is 0.0285. The zero-order valence-electron chi connectivity index (χ0n) is 16.7. The van der Waals surface area contributed by atoms with Gasteiger partial charge in [0.2, 0.25) is 5.76 Å². The molecule has 0 fully saturated rings. The molecule has 0 saturated carbocycles. The zero-order chi connectivity index (χ0) is 20.9. The molecule has 7 nitrogen and oxygen atoms in total. The number of hydrogen-bond donors (Lipinski definition) is 1. The Morgan fingerprint density at radius 1 is 1.24 bits per heavy atom. The number of hydrogen-bond acceptors (Lipinski definition) is 7. The Bertz CT molecular complexity index is 1310. The summed E-state index contributed by atoms with van der Waals surface area (Å²) in [4.78, 5) is 34.1. The number of nitrogens with one attached hydrogen (secondary N) is 1. The molecular weight excluding hydrogens is 392 g/mol. The molecule has 0 saturated heterocycles. The van der Waals surface area contributed by atoms with E-state index in [0.717, 1.165) is 15.8 Å². The van der Waals surface area contributed by atoms with Crippen molar-refractivity contribution in [1.82, 2.24) is 9.97 Å². The van der Waals surface area contributed by atoms with E-state index in [9.17, 15) is 9.59 Å². The Morgan fingerprint density at radius 3 is 2.72 bits per heavy atom. The van der Waals surface area contributed by atoms with Crippen LogP contribution in [0.15, 0.2) is 27.4 Å². The van der Waals surface area contributed by atoms with E-state index >= 15 is 0 Å². The summed E-state index contributed by atoms with van der Waals surface area (Å²) in [6, 6.07) is 5.32. The molecule has 1 atom stereocenters. The number of ether oxygens (including phenoxy) is 2. The topological polar surface area (TPSA) is 94.4 Å². The molecule has 0 bridgehead atoms. The lowest BCUT2D eigenvalue weighted by Crippen LogP contribution is -2.17. The van der Waals surface area contributed by atoms with Crippen LogP contribution in [0.4, 0.5) is 0 Å². The molecule has 0 amide bonds. The van der Waals surface area contributed by atoms with Crippen LogP contribution in [0.3, 0.4) is 0 Å². The van der Waals surface area contributed by atoms with Crippen molar-refractivity contribution in [3.8, 4) is 5.75 Å². The summed E-state index contributed by atoms with van der Waals surface area (Å²) >= 11 is 1.45. The number of aryl methyl sites for hydroxylation is 3. The highest BCUT2D eigenvalue weighted by molar-refractivity contribution is 7.18. The third kappa shape index (κ3) is 3.19. The standard InChI is InChI=1S/C21H20N2O5S/c1-9-12(4)29-20-16(9)19(24)22-18(23-20)11(3)27-21(25)17-10(2)14-8-13(26-5)6-7-15(14)28-17/h6-8,11H,1-5H3,(H,22,23,24)/t11-/m1/s1. The minimum atomic E-state index is -0.746. The minimum Gasteiger partial charge on any atom is -0.497 e. The first-order valence-electron chi connectivity index (χ1n) is 9.08. The molecule has 0 spiro atoms. The fraction of sp³-hybridized carbons (Fsp3) is 0.286. The minimum absolute atomic E-state index is 0.117. The van der Waals surface area contributed by atoms with E-state index < -0.39 is 12.1 Å². The maximum atomic E-state index is 12.7. The highest BCUT2D eigenvalue weighted by Crippen LogP contribution is 2.31. The number of methoxy groups -OCH3 is 1. The third-order valence-corrected chi connectivity index (χ3v) is 6.16. The van der Waals surface area contributed by atoms with Gasteiger partial charge in [-0.25, -0.2) is 9.78 Å². The van der Waals surface area contributed by atoms with Crippen molar-refractivity contribution >= 4 is 38.5 Å². The number of nitrogens with zero attached hydrogens (tertiary/aromatic N) is 1. The van der Waals surface area contributed by atoms with Crippen molar-refractivity contribution in [2.24, 2.45) is 0 Å². The Kier molecular flexibility index (Phi) is 4.66. The molecule has 8 heteroatoms. The van der Waals surface area contributed by atoms with Crippen LogP contribution in [0, 0.1) is 20.8 Å². The number of benzene rings is 1. The van der Waals surface area contributed by atoms with Crippen LogP contribution in [-0.2, 0) is 4.74 Å². The van der Waals surface area contributed by atoms with E-state index in [1.54, 1.807) is 33.1 Å². The fourth-order valence-corrected chi connectivity index (χ4v) is 4.29. The van der Waals surface area contributed by atoms with Crippen molar-refractivity contribution in [2.45, 2.75) is 33.8 Å². The van der Waals surface area contributed by atoms with Gasteiger partial charge >= 0.3 is 5.97 Å². The van der Waals surface area contributed by atoms with Crippen LogP contribution in [0.5, 0.6) is 5.75 Å². The van der Waals surface area contributed by atoms with Gasteiger partial charge < -0.3 is 18.9 Å². The third-order valence-electron chi connectivity index (χ3n) is 5.06. The number of H-pyrrole nitrogens is 1. The second-order valence-electron chi connectivity index (χ2n) is 6.88. The maximum absolute atomic E-state index is 12.7. The largest absolute Gasteiger partial charge is 0.497 e. The number of carbonyl (C=O) groups excluding carboxylic acids is 1. The number of aromatic nitrogens is 2. The smallest absolute Gasteiger partial charge is 0.375 e. The van der Waals surface area contributed by atoms with E-state index in [1.807, 2.05) is 19.9 Å². The lowest BCUT2D eigenvalue weighted by atomic mass is 10.1. The highest BCUT2D eigenvalue weighted by atomic mass is 32.1. The molecule has 0 unspecified atom stereocenters. The molecule has 1 aromatic carbocycles. The van der Waals surface area contributed by atoms with E-state index in [2.05, 4.69) is 9.97 Å². The first-order valence-corrected chi connectivity index (χ1v) is 9.89. The number of thiophene rings is 1. The van der Waals surface area contributed by atoms with Gasteiger partial charge in [0.25, 0.3) is 5.56 Å². The predicted octanol–water partition coefficient (Wildman–Crippen LogP) is 4.58. The maximum Gasteiger partial charge on any atom is 0.375 e. The molecule has 0 aliphatic heterocycles.